The summed E-state index contributed by atoms with van der Waals surface area (Å²) >= 11 is 0. The highest BCUT2D eigenvalue weighted by Gasteiger charge is 2.51. The van der Waals surface area contributed by atoms with Crippen LogP contribution in [0.5, 0.6) is 11.5 Å². The highest BCUT2D eigenvalue weighted by molar-refractivity contribution is 5.94. The predicted molar refractivity (Wildman–Crippen MR) is 227 cm³/mol. The summed E-state index contributed by atoms with van der Waals surface area (Å²) in [4.78, 5) is 2.39. The quantitative estimate of drug-likeness (QED) is 0.177. The summed E-state index contributed by atoms with van der Waals surface area (Å²) in [6.45, 7) is 0. The molecule has 258 valence electrons. The number of ether oxygens (including phenoxy) is 1. The Kier molecular flexibility index (Phi) is 7.11. The third-order valence-electron chi connectivity index (χ3n) is 11.5. The molecule has 0 radical (unpaired) electrons. The maximum absolute atomic E-state index is 6.75. The van der Waals surface area contributed by atoms with Gasteiger partial charge < -0.3 is 9.64 Å². The largest absolute Gasteiger partial charge is 0.457 e. The molecule has 0 fully saturated rings. The van der Waals surface area contributed by atoms with Gasteiger partial charge in [-0.15, -0.1) is 0 Å². The highest BCUT2D eigenvalue weighted by atomic mass is 16.5. The Balaban J connectivity index is 1.12. The van der Waals surface area contributed by atoms with Crippen molar-refractivity contribution < 1.29 is 4.74 Å². The molecule has 11 rings (SSSR count). The molecule has 0 bridgehead atoms. The zero-order chi connectivity index (χ0) is 36.3. The molecule has 0 saturated heterocycles. The second-order valence-electron chi connectivity index (χ2n) is 14.5. The molecule has 1 aliphatic heterocycles. The molecule has 0 saturated carbocycles. The zero-order valence-electron chi connectivity index (χ0n) is 30.1. The van der Waals surface area contributed by atoms with Crippen molar-refractivity contribution in [2.45, 2.75) is 5.41 Å². The Morgan fingerprint density at radius 1 is 0.309 bits per heavy atom. The van der Waals surface area contributed by atoms with Crippen molar-refractivity contribution in [2.75, 3.05) is 4.90 Å². The first-order valence-corrected chi connectivity index (χ1v) is 18.9. The first kappa shape index (κ1) is 31.4. The maximum Gasteiger partial charge on any atom is 0.132 e. The molecular formula is C53H35NO. The van der Waals surface area contributed by atoms with Crippen LogP contribution in [-0.4, -0.2) is 0 Å². The fourth-order valence-electron chi connectivity index (χ4n) is 9.03. The van der Waals surface area contributed by atoms with E-state index in [1.54, 1.807) is 0 Å². The minimum atomic E-state index is -0.543. The van der Waals surface area contributed by atoms with E-state index in [1.807, 2.05) is 0 Å². The van der Waals surface area contributed by atoms with Gasteiger partial charge in [0.15, 0.2) is 0 Å². The number of rotatable bonds is 5. The minimum Gasteiger partial charge on any atom is -0.457 e. The number of hydrogen-bond acceptors (Lipinski definition) is 2. The van der Waals surface area contributed by atoms with Gasteiger partial charge in [-0.3, -0.25) is 0 Å². The van der Waals surface area contributed by atoms with Crippen LogP contribution in [0.25, 0.3) is 44.2 Å². The molecular weight excluding hydrogens is 667 g/mol. The third-order valence-corrected chi connectivity index (χ3v) is 11.5. The Bertz CT molecular complexity index is 2800. The van der Waals surface area contributed by atoms with Crippen molar-refractivity contribution in [3.8, 4) is 44.9 Å². The molecule has 55 heavy (non-hydrogen) atoms. The second-order valence-corrected chi connectivity index (χ2v) is 14.5. The molecule has 1 unspecified atom stereocenters. The van der Waals surface area contributed by atoms with Crippen LogP contribution < -0.4 is 9.64 Å². The SMILES string of the molecule is c1ccc(-c2ccc(N(c3ccc(-c4ccccc4)cc3)c3ccc4c(c3)-c3ccccc3C43c4ccccc4Oc4cc5ccccc5cc43)cc2)cc1. The summed E-state index contributed by atoms with van der Waals surface area (Å²) in [6.07, 6.45) is 0. The molecule has 2 aliphatic rings. The molecule has 0 aromatic heterocycles. The van der Waals surface area contributed by atoms with Crippen molar-refractivity contribution in [1.82, 2.24) is 0 Å². The summed E-state index contributed by atoms with van der Waals surface area (Å²) in [5.41, 5.74) is 14.9. The lowest BCUT2D eigenvalue weighted by atomic mass is 9.66. The number of hydrogen-bond donors (Lipinski definition) is 0. The lowest BCUT2D eigenvalue weighted by Crippen LogP contribution is -2.32. The minimum absolute atomic E-state index is 0.543. The Morgan fingerprint density at radius 2 is 0.800 bits per heavy atom. The fourth-order valence-corrected chi connectivity index (χ4v) is 9.03. The van der Waals surface area contributed by atoms with Crippen LogP contribution in [0.2, 0.25) is 0 Å². The molecule has 2 heteroatoms. The van der Waals surface area contributed by atoms with E-state index in [4.69, 9.17) is 4.74 Å². The van der Waals surface area contributed by atoms with Crippen LogP contribution >= 0.6 is 0 Å². The smallest absolute Gasteiger partial charge is 0.132 e. The zero-order valence-corrected chi connectivity index (χ0v) is 30.1. The van der Waals surface area contributed by atoms with E-state index in [0.29, 0.717) is 0 Å². The first-order valence-electron chi connectivity index (χ1n) is 18.9. The third kappa shape index (κ3) is 4.89. The molecule has 2 nitrogen and oxygen atoms in total. The summed E-state index contributed by atoms with van der Waals surface area (Å²) < 4.78 is 6.75. The molecule has 1 spiro atoms. The van der Waals surface area contributed by atoms with Crippen LogP contribution in [0.15, 0.2) is 212 Å². The van der Waals surface area contributed by atoms with Crippen molar-refractivity contribution in [2.24, 2.45) is 0 Å². The van der Waals surface area contributed by atoms with E-state index in [-0.39, 0.29) is 0 Å². The maximum atomic E-state index is 6.75. The Hall–Kier alpha value is -7.16. The fraction of sp³-hybridized carbons (Fsp3) is 0.0189. The van der Waals surface area contributed by atoms with Gasteiger partial charge in [-0.1, -0.05) is 158 Å². The van der Waals surface area contributed by atoms with E-state index in [0.717, 1.165) is 28.6 Å². The molecule has 1 atom stereocenters. The summed E-state index contributed by atoms with van der Waals surface area (Å²) in [6, 6.07) is 76.8. The van der Waals surface area contributed by atoms with Crippen molar-refractivity contribution in [3.05, 3.63) is 235 Å². The van der Waals surface area contributed by atoms with Crippen molar-refractivity contribution in [3.63, 3.8) is 0 Å². The molecule has 9 aromatic carbocycles. The molecule has 0 N–H and O–H groups in total. The number of para-hydroxylation sites is 1. The van der Waals surface area contributed by atoms with Gasteiger partial charge in [0.1, 0.15) is 11.5 Å². The summed E-state index contributed by atoms with van der Waals surface area (Å²) in [7, 11) is 0. The van der Waals surface area contributed by atoms with Crippen molar-refractivity contribution in [1.29, 1.82) is 0 Å². The second kappa shape index (κ2) is 12.5. The van der Waals surface area contributed by atoms with Gasteiger partial charge in [-0.05, 0) is 110 Å². The van der Waals surface area contributed by atoms with E-state index < -0.39 is 5.41 Å². The topological polar surface area (TPSA) is 12.5 Å². The van der Waals surface area contributed by atoms with Gasteiger partial charge in [0, 0.05) is 28.2 Å². The van der Waals surface area contributed by atoms with Gasteiger partial charge in [0.2, 0.25) is 0 Å². The number of anilines is 3. The van der Waals surface area contributed by atoms with Gasteiger partial charge in [0.25, 0.3) is 0 Å². The summed E-state index contributed by atoms with van der Waals surface area (Å²) in [5.74, 6) is 1.80. The van der Waals surface area contributed by atoms with Gasteiger partial charge in [0.05, 0.1) is 5.41 Å². The van der Waals surface area contributed by atoms with Crippen molar-refractivity contribution >= 4 is 27.8 Å². The number of benzene rings is 9. The average Bonchev–Trinajstić information content (AvgIpc) is 3.54. The van der Waals surface area contributed by atoms with Gasteiger partial charge in [-0.25, -0.2) is 0 Å². The Labute approximate surface area is 321 Å². The normalized spacial score (nSPS) is 14.8. The van der Waals surface area contributed by atoms with Gasteiger partial charge in [-0.2, -0.15) is 0 Å². The molecule has 9 aromatic rings. The van der Waals surface area contributed by atoms with Gasteiger partial charge >= 0.3 is 0 Å². The van der Waals surface area contributed by atoms with Crippen LogP contribution in [0.3, 0.4) is 0 Å². The van der Waals surface area contributed by atoms with Crippen LogP contribution in [0, 0.1) is 0 Å². The standard InChI is InChI=1S/C53H35NO/c1-3-13-36(14-4-1)38-23-27-42(28-24-38)54(43-29-25-39(26-30-43)37-15-5-2-6-16-37)44-31-32-48-46(35-44)45-19-9-10-20-47(45)53(48)49-21-11-12-22-51(49)55-52-34-41-18-8-7-17-40(41)33-50(52)53/h1-35H. The first-order chi connectivity index (χ1) is 27.3. The monoisotopic (exact) mass is 701 g/mol. The van der Waals surface area contributed by atoms with Crippen LogP contribution in [0.1, 0.15) is 22.3 Å². The number of nitrogens with zero attached hydrogens (tertiary/aromatic N) is 1. The molecule has 1 aliphatic carbocycles. The van der Waals surface area contributed by atoms with Crippen LogP contribution in [-0.2, 0) is 5.41 Å². The lowest BCUT2D eigenvalue weighted by molar-refractivity contribution is 0.437. The summed E-state index contributed by atoms with van der Waals surface area (Å²) in [5, 5.41) is 2.38. The number of fused-ring (bicyclic) bond motifs is 10. The van der Waals surface area contributed by atoms with E-state index >= 15 is 0 Å². The average molecular weight is 702 g/mol. The van der Waals surface area contributed by atoms with E-state index in [1.165, 1.54) is 66.4 Å². The highest BCUT2D eigenvalue weighted by Crippen LogP contribution is 2.63. The van der Waals surface area contributed by atoms with E-state index in [2.05, 4.69) is 217 Å². The Morgan fingerprint density at radius 3 is 1.45 bits per heavy atom. The molecule has 1 heterocycles. The predicted octanol–water partition coefficient (Wildman–Crippen LogP) is 14.1. The molecule has 0 amide bonds. The lowest BCUT2D eigenvalue weighted by Gasteiger charge is -2.39. The van der Waals surface area contributed by atoms with E-state index in [9.17, 15) is 0 Å². The van der Waals surface area contributed by atoms with Crippen LogP contribution in [0.4, 0.5) is 17.1 Å².